The first-order valence-corrected chi connectivity index (χ1v) is 9.35. The molecule has 2 aromatic heterocycles. The van der Waals surface area contributed by atoms with Crippen LogP contribution >= 0.6 is 23.4 Å². The summed E-state index contributed by atoms with van der Waals surface area (Å²) in [4.78, 5) is 5.84. The van der Waals surface area contributed by atoms with Gasteiger partial charge in [-0.1, -0.05) is 6.07 Å². The maximum atomic E-state index is 5.68. The van der Waals surface area contributed by atoms with Crippen LogP contribution in [0.15, 0.2) is 36.0 Å². The number of thiophene rings is 1. The Balaban J connectivity index is 1.91. The zero-order valence-electron chi connectivity index (χ0n) is 12.9. The van der Waals surface area contributed by atoms with Gasteiger partial charge in [0.15, 0.2) is 11.5 Å². The van der Waals surface area contributed by atoms with E-state index in [0.29, 0.717) is 0 Å². The number of rotatable bonds is 4. The highest BCUT2D eigenvalue weighted by atomic mass is 32.2. The first-order valence-electron chi connectivity index (χ1n) is 7.32. The van der Waals surface area contributed by atoms with Gasteiger partial charge in [-0.05, 0) is 35.6 Å². The first-order chi connectivity index (χ1) is 11.3. The average Bonchev–Trinajstić information content (AvgIpc) is 3.23. The largest absolute Gasteiger partial charge is 0.493 e. The monoisotopic (exact) mass is 344 g/mol. The molecule has 1 aromatic carbocycles. The van der Waals surface area contributed by atoms with Gasteiger partial charge in [-0.2, -0.15) is 0 Å². The van der Waals surface area contributed by atoms with Crippen LogP contribution in [0.1, 0.15) is 5.56 Å². The molecule has 1 aliphatic heterocycles. The number of hydrogen-bond donors (Lipinski definition) is 0. The lowest BCUT2D eigenvalue weighted by Crippen LogP contribution is -2.10. The van der Waals surface area contributed by atoms with E-state index in [0.717, 1.165) is 30.2 Å². The summed E-state index contributed by atoms with van der Waals surface area (Å²) in [6, 6.07) is 8.35. The van der Waals surface area contributed by atoms with Crippen LogP contribution in [0.4, 0.5) is 0 Å². The van der Waals surface area contributed by atoms with E-state index >= 15 is 0 Å². The highest BCUT2D eigenvalue weighted by Gasteiger charge is 2.24. The number of hydrogen-bond acceptors (Lipinski definition) is 5. The number of aromatic nitrogens is 2. The Hall–Kier alpha value is -1.92. The van der Waals surface area contributed by atoms with E-state index < -0.39 is 0 Å². The third-order valence-electron chi connectivity index (χ3n) is 4.03. The summed E-state index contributed by atoms with van der Waals surface area (Å²) in [5.41, 5.74) is 4.67. The topological polar surface area (TPSA) is 36.3 Å². The van der Waals surface area contributed by atoms with Crippen LogP contribution in [0.5, 0.6) is 11.5 Å². The molecule has 6 heteroatoms. The molecule has 0 fully saturated rings. The lowest BCUT2D eigenvalue weighted by molar-refractivity contribution is 0.399. The summed E-state index contributed by atoms with van der Waals surface area (Å²) in [5.74, 6) is 1.54. The summed E-state index contributed by atoms with van der Waals surface area (Å²) >= 11 is 3.03. The van der Waals surface area contributed by atoms with Crippen LogP contribution in [0.2, 0.25) is 0 Å². The minimum absolute atomic E-state index is 0.755. The number of nitrogens with zero attached hydrogens (tertiary/aromatic N) is 2. The highest BCUT2D eigenvalue weighted by Crippen LogP contribution is 2.43. The molecule has 3 heterocycles. The number of fused-ring (bicyclic) bond motifs is 3. The molecule has 0 radical (unpaired) electrons. The zero-order chi connectivity index (χ0) is 15.8. The quantitative estimate of drug-likeness (QED) is 0.653. The van der Waals surface area contributed by atoms with E-state index in [2.05, 4.69) is 39.2 Å². The number of imidazole rings is 1. The molecule has 118 valence electrons. The Kier molecular flexibility index (Phi) is 3.79. The number of ether oxygens (including phenoxy) is 1. The first kappa shape index (κ1) is 14.7. The van der Waals surface area contributed by atoms with Gasteiger partial charge in [-0.3, -0.25) is 0 Å². The SMILES string of the molecule is COc1cc2c(cc1OSC)-c1c(-c3cccs3)ncn1CC2. The minimum Gasteiger partial charge on any atom is -0.493 e. The van der Waals surface area contributed by atoms with Gasteiger partial charge in [0.05, 0.1) is 36.1 Å². The molecule has 0 saturated heterocycles. The van der Waals surface area contributed by atoms with Crippen LogP contribution in [0.3, 0.4) is 0 Å². The Bertz CT molecular complexity index is 841. The molecular formula is C17H16N2O2S2. The summed E-state index contributed by atoms with van der Waals surface area (Å²) in [6.45, 7) is 0.937. The van der Waals surface area contributed by atoms with Crippen molar-refractivity contribution < 1.29 is 8.92 Å². The van der Waals surface area contributed by atoms with E-state index in [1.54, 1.807) is 18.4 Å². The van der Waals surface area contributed by atoms with E-state index in [1.165, 1.54) is 33.7 Å². The fourth-order valence-electron chi connectivity index (χ4n) is 3.01. The molecule has 23 heavy (non-hydrogen) atoms. The second kappa shape index (κ2) is 5.94. The van der Waals surface area contributed by atoms with Crippen molar-refractivity contribution in [2.24, 2.45) is 0 Å². The third kappa shape index (κ3) is 2.42. The predicted molar refractivity (Wildman–Crippen MR) is 95.4 cm³/mol. The van der Waals surface area contributed by atoms with Gasteiger partial charge in [0.1, 0.15) is 5.69 Å². The molecule has 0 bridgehead atoms. The summed E-state index contributed by atoms with van der Waals surface area (Å²) < 4.78 is 13.4. The van der Waals surface area contributed by atoms with E-state index in [-0.39, 0.29) is 0 Å². The zero-order valence-corrected chi connectivity index (χ0v) is 14.5. The van der Waals surface area contributed by atoms with Crippen molar-refractivity contribution in [3.63, 3.8) is 0 Å². The molecule has 4 nitrogen and oxygen atoms in total. The van der Waals surface area contributed by atoms with Gasteiger partial charge in [0, 0.05) is 18.4 Å². The van der Waals surface area contributed by atoms with Crippen LogP contribution < -0.4 is 8.92 Å². The maximum absolute atomic E-state index is 5.68. The van der Waals surface area contributed by atoms with Crippen LogP contribution in [0, 0.1) is 0 Å². The van der Waals surface area contributed by atoms with Crippen molar-refractivity contribution in [3.05, 3.63) is 41.5 Å². The van der Waals surface area contributed by atoms with Gasteiger partial charge >= 0.3 is 0 Å². The molecular weight excluding hydrogens is 328 g/mol. The number of benzene rings is 1. The van der Waals surface area contributed by atoms with E-state index in [4.69, 9.17) is 8.92 Å². The average molecular weight is 344 g/mol. The molecule has 4 rings (SSSR count). The summed E-state index contributed by atoms with van der Waals surface area (Å²) in [6.07, 6.45) is 4.81. The van der Waals surface area contributed by atoms with Gasteiger partial charge in [-0.15, -0.1) is 11.3 Å². The second-order valence-electron chi connectivity index (χ2n) is 5.27. The standard InChI is InChI=1S/C17H16N2O2S2/c1-20-13-8-11-5-6-19-10-18-16(15-4-3-7-23-15)17(19)12(11)9-14(13)21-22-2/h3-4,7-10H,5-6H2,1-2H3. The van der Waals surface area contributed by atoms with Gasteiger partial charge in [-0.25, -0.2) is 4.98 Å². The number of methoxy groups -OCH3 is 1. The Morgan fingerprint density at radius 2 is 2.22 bits per heavy atom. The molecule has 0 saturated carbocycles. The van der Waals surface area contributed by atoms with Crippen molar-refractivity contribution in [2.75, 3.05) is 13.4 Å². The molecule has 0 amide bonds. The predicted octanol–water partition coefficient (Wildman–Crippen LogP) is 4.50. The molecule has 1 aliphatic rings. The van der Waals surface area contributed by atoms with Crippen LogP contribution in [-0.4, -0.2) is 22.9 Å². The van der Waals surface area contributed by atoms with Crippen LogP contribution in [0.25, 0.3) is 21.8 Å². The van der Waals surface area contributed by atoms with Crippen molar-refractivity contribution >= 4 is 23.4 Å². The smallest absolute Gasteiger partial charge is 0.179 e. The Morgan fingerprint density at radius 3 is 2.96 bits per heavy atom. The highest BCUT2D eigenvalue weighted by molar-refractivity contribution is 7.94. The Labute approximate surface area is 143 Å². The molecule has 0 aliphatic carbocycles. The van der Waals surface area contributed by atoms with E-state index in [1.807, 2.05) is 12.6 Å². The van der Waals surface area contributed by atoms with Crippen molar-refractivity contribution in [3.8, 4) is 33.3 Å². The van der Waals surface area contributed by atoms with E-state index in [9.17, 15) is 0 Å². The molecule has 0 N–H and O–H groups in total. The molecule has 3 aromatic rings. The number of aryl methyl sites for hydroxylation is 2. The maximum Gasteiger partial charge on any atom is 0.179 e. The van der Waals surface area contributed by atoms with Crippen molar-refractivity contribution in [1.29, 1.82) is 0 Å². The summed E-state index contributed by atoms with van der Waals surface area (Å²) in [5, 5.41) is 2.08. The lowest BCUT2D eigenvalue weighted by atomic mass is 9.96. The molecule has 0 spiro atoms. The third-order valence-corrected chi connectivity index (χ3v) is 5.25. The van der Waals surface area contributed by atoms with Crippen LogP contribution in [-0.2, 0) is 13.0 Å². The molecule has 0 unspecified atom stereocenters. The van der Waals surface area contributed by atoms with Gasteiger partial charge in [0.2, 0.25) is 0 Å². The fraction of sp³-hybridized carbons (Fsp3) is 0.235. The summed E-state index contributed by atoms with van der Waals surface area (Å²) in [7, 11) is 1.68. The lowest BCUT2D eigenvalue weighted by Gasteiger charge is -2.21. The second-order valence-corrected chi connectivity index (χ2v) is 6.72. The Morgan fingerprint density at radius 1 is 1.30 bits per heavy atom. The van der Waals surface area contributed by atoms with Gasteiger partial charge < -0.3 is 13.5 Å². The van der Waals surface area contributed by atoms with Crippen molar-refractivity contribution in [1.82, 2.24) is 9.55 Å². The van der Waals surface area contributed by atoms with Gasteiger partial charge in [0.25, 0.3) is 0 Å². The molecule has 0 atom stereocenters. The minimum atomic E-state index is 0.755. The van der Waals surface area contributed by atoms with Crippen molar-refractivity contribution in [2.45, 2.75) is 13.0 Å². The normalized spacial score (nSPS) is 12.6. The fourth-order valence-corrected chi connectivity index (χ4v) is 4.04.